The molecule has 1 heterocycles. The minimum absolute atomic E-state index is 0.00380. The predicted molar refractivity (Wildman–Crippen MR) is 142 cm³/mol. The quantitative estimate of drug-likeness (QED) is 0.283. The van der Waals surface area contributed by atoms with Crippen LogP contribution >= 0.6 is 0 Å². The van der Waals surface area contributed by atoms with E-state index < -0.39 is 11.7 Å². The summed E-state index contributed by atoms with van der Waals surface area (Å²) < 4.78 is 41.5. The SMILES string of the molecule is CC(=O)N(Cc1cccc(C(F)(F)F)c1)n1cc(CCN)c2cc(-c3cccc4ccccc34)ccc21. The number of halogens is 3. The Morgan fingerprint density at radius 1 is 0.919 bits per heavy atom. The Kier molecular flexibility index (Phi) is 6.48. The van der Waals surface area contributed by atoms with Gasteiger partial charge in [0.15, 0.2) is 0 Å². The van der Waals surface area contributed by atoms with Crippen LogP contribution in [0.1, 0.15) is 23.6 Å². The number of nitrogens with zero attached hydrogens (tertiary/aromatic N) is 2. The third kappa shape index (κ3) is 4.82. The van der Waals surface area contributed by atoms with Crippen LogP contribution in [0.2, 0.25) is 0 Å². The minimum atomic E-state index is -4.45. The number of nitrogens with two attached hydrogens (primary N) is 1. The van der Waals surface area contributed by atoms with E-state index in [0.717, 1.165) is 50.5 Å². The smallest absolute Gasteiger partial charge is 0.330 e. The summed E-state index contributed by atoms with van der Waals surface area (Å²) in [5, 5.41) is 4.68. The number of hydrogen-bond donors (Lipinski definition) is 1. The van der Waals surface area contributed by atoms with Gasteiger partial charge in [-0.05, 0) is 70.3 Å². The van der Waals surface area contributed by atoms with E-state index in [2.05, 4.69) is 30.3 Å². The molecule has 0 unspecified atom stereocenters. The molecular formula is C30H26F3N3O. The third-order valence-electron chi connectivity index (χ3n) is 6.59. The van der Waals surface area contributed by atoms with Crippen molar-refractivity contribution in [2.45, 2.75) is 26.1 Å². The van der Waals surface area contributed by atoms with E-state index in [0.29, 0.717) is 18.5 Å². The Hall–Kier alpha value is -4.10. The Labute approximate surface area is 212 Å². The summed E-state index contributed by atoms with van der Waals surface area (Å²) in [4.78, 5) is 12.7. The number of fused-ring (bicyclic) bond motifs is 2. The zero-order valence-corrected chi connectivity index (χ0v) is 20.3. The van der Waals surface area contributed by atoms with Gasteiger partial charge in [-0.25, -0.2) is 5.01 Å². The molecule has 2 N–H and O–H groups in total. The zero-order chi connectivity index (χ0) is 26.2. The van der Waals surface area contributed by atoms with Crippen molar-refractivity contribution in [2.24, 2.45) is 5.73 Å². The molecule has 0 spiro atoms. The molecule has 1 aromatic heterocycles. The first-order valence-corrected chi connectivity index (χ1v) is 12.0. The topological polar surface area (TPSA) is 51.3 Å². The summed E-state index contributed by atoms with van der Waals surface area (Å²) in [6, 6.07) is 25.5. The number of aromatic nitrogens is 1. The lowest BCUT2D eigenvalue weighted by Crippen LogP contribution is -2.37. The third-order valence-corrected chi connectivity index (χ3v) is 6.59. The maximum atomic E-state index is 13.3. The van der Waals surface area contributed by atoms with Gasteiger partial charge in [-0.2, -0.15) is 13.2 Å². The summed E-state index contributed by atoms with van der Waals surface area (Å²) >= 11 is 0. The van der Waals surface area contributed by atoms with Crippen LogP contribution in [0.15, 0.2) is 91.1 Å². The second-order valence-electron chi connectivity index (χ2n) is 9.07. The lowest BCUT2D eigenvalue weighted by atomic mass is 9.96. The molecular weight excluding hydrogens is 475 g/mol. The Bertz CT molecular complexity index is 1600. The molecule has 7 heteroatoms. The summed E-state index contributed by atoms with van der Waals surface area (Å²) in [7, 11) is 0. The molecule has 5 aromatic rings. The van der Waals surface area contributed by atoms with E-state index in [1.165, 1.54) is 18.0 Å². The lowest BCUT2D eigenvalue weighted by molar-refractivity contribution is -0.137. The van der Waals surface area contributed by atoms with E-state index in [1.807, 2.05) is 36.5 Å². The standard InChI is InChI=1S/C30H26F3N3O/c1-20(37)35(18-21-6-4-9-25(16-21)30(31,32)33)36-19-24(14-15-34)28-17-23(12-13-29(28)36)27-11-5-8-22-7-2-3-10-26(22)27/h2-13,16-17,19H,14-15,18,34H2,1H3. The molecule has 0 fully saturated rings. The average molecular weight is 502 g/mol. The first kappa shape index (κ1) is 24.6. The number of alkyl halides is 3. The Morgan fingerprint density at radius 3 is 2.43 bits per heavy atom. The van der Waals surface area contributed by atoms with Gasteiger partial charge in [0.2, 0.25) is 5.91 Å². The molecule has 0 saturated carbocycles. The molecule has 5 rings (SSSR count). The van der Waals surface area contributed by atoms with E-state index in [9.17, 15) is 18.0 Å². The fourth-order valence-corrected chi connectivity index (χ4v) is 4.84. The number of carbonyl (C=O) groups excluding carboxylic acids is 1. The molecule has 0 aliphatic rings. The molecule has 1 amide bonds. The van der Waals surface area contributed by atoms with Crippen molar-refractivity contribution in [2.75, 3.05) is 11.6 Å². The van der Waals surface area contributed by atoms with Crippen LogP contribution in [0.25, 0.3) is 32.8 Å². The highest BCUT2D eigenvalue weighted by molar-refractivity contribution is 5.99. The monoisotopic (exact) mass is 501 g/mol. The normalized spacial score (nSPS) is 11.8. The van der Waals surface area contributed by atoms with Gasteiger partial charge in [-0.1, -0.05) is 60.7 Å². The van der Waals surface area contributed by atoms with Crippen LogP contribution in [-0.2, 0) is 23.9 Å². The van der Waals surface area contributed by atoms with Gasteiger partial charge in [0.1, 0.15) is 0 Å². The van der Waals surface area contributed by atoms with E-state index in [1.54, 1.807) is 10.7 Å². The molecule has 4 nitrogen and oxygen atoms in total. The lowest BCUT2D eigenvalue weighted by Gasteiger charge is -2.24. The van der Waals surface area contributed by atoms with Crippen molar-refractivity contribution in [3.05, 3.63) is 108 Å². The predicted octanol–water partition coefficient (Wildman–Crippen LogP) is 6.67. The van der Waals surface area contributed by atoms with Gasteiger partial charge in [0.05, 0.1) is 17.6 Å². The molecule has 0 saturated heterocycles. The number of carbonyl (C=O) groups is 1. The number of amides is 1. The summed E-state index contributed by atoms with van der Waals surface area (Å²) in [5.41, 5.74) is 9.44. The van der Waals surface area contributed by atoms with Crippen LogP contribution in [0, 0.1) is 0 Å². The van der Waals surface area contributed by atoms with Crippen LogP contribution in [0.4, 0.5) is 13.2 Å². The molecule has 0 radical (unpaired) electrons. The summed E-state index contributed by atoms with van der Waals surface area (Å²) in [6.07, 6.45) is -2.00. The van der Waals surface area contributed by atoms with Gasteiger partial charge in [0, 0.05) is 18.5 Å². The largest absolute Gasteiger partial charge is 0.416 e. The van der Waals surface area contributed by atoms with Crippen LogP contribution in [-0.4, -0.2) is 17.1 Å². The van der Waals surface area contributed by atoms with Crippen molar-refractivity contribution in [3.63, 3.8) is 0 Å². The Morgan fingerprint density at radius 2 is 1.68 bits per heavy atom. The molecule has 0 aliphatic carbocycles. The number of benzene rings is 4. The highest BCUT2D eigenvalue weighted by Crippen LogP contribution is 2.33. The van der Waals surface area contributed by atoms with Crippen LogP contribution in [0.3, 0.4) is 0 Å². The van der Waals surface area contributed by atoms with E-state index in [4.69, 9.17) is 5.73 Å². The molecule has 4 aromatic carbocycles. The van der Waals surface area contributed by atoms with Crippen molar-refractivity contribution in [1.82, 2.24) is 4.68 Å². The molecule has 188 valence electrons. The molecule has 0 bridgehead atoms. The Balaban J connectivity index is 1.61. The van der Waals surface area contributed by atoms with Crippen LogP contribution < -0.4 is 10.7 Å². The molecule has 0 aliphatic heterocycles. The van der Waals surface area contributed by atoms with Crippen molar-refractivity contribution in [1.29, 1.82) is 0 Å². The summed E-state index contributed by atoms with van der Waals surface area (Å²) in [5.74, 6) is -0.285. The highest BCUT2D eigenvalue weighted by atomic mass is 19.4. The minimum Gasteiger partial charge on any atom is -0.330 e. The zero-order valence-electron chi connectivity index (χ0n) is 20.3. The second-order valence-corrected chi connectivity index (χ2v) is 9.07. The summed E-state index contributed by atoms with van der Waals surface area (Å²) in [6.45, 7) is 1.83. The van der Waals surface area contributed by atoms with Crippen molar-refractivity contribution >= 4 is 27.6 Å². The van der Waals surface area contributed by atoms with Crippen molar-refractivity contribution in [3.8, 4) is 11.1 Å². The van der Waals surface area contributed by atoms with Gasteiger partial charge in [-0.3, -0.25) is 9.47 Å². The van der Waals surface area contributed by atoms with Gasteiger partial charge >= 0.3 is 6.18 Å². The van der Waals surface area contributed by atoms with Gasteiger partial charge in [-0.15, -0.1) is 0 Å². The number of rotatable bonds is 6. The number of hydrogen-bond acceptors (Lipinski definition) is 2. The maximum absolute atomic E-state index is 13.3. The average Bonchev–Trinajstić information content (AvgIpc) is 3.24. The van der Waals surface area contributed by atoms with Gasteiger partial charge < -0.3 is 5.73 Å². The van der Waals surface area contributed by atoms with Crippen molar-refractivity contribution < 1.29 is 18.0 Å². The molecule has 37 heavy (non-hydrogen) atoms. The van der Waals surface area contributed by atoms with E-state index >= 15 is 0 Å². The first-order chi connectivity index (χ1) is 17.8. The van der Waals surface area contributed by atoms with Gasteiger partial charge in [0.25, 0.3) is 0 Å². The molecule has 0 atom stereocenters. The highest BCUT2D eigenvalue weighted by Gasteiger charge is 2.30. The first-order valence-electron chi connectivity index (χ1n) is 12.0. The fourth-order valence-electron chi connectivity index (χ4n) is 4.84. The second kappa shape index (κ2) is 9.75. The maximum Gasteiger partial charge on any atom is 0.416 e. The van der Waals surface area contributed by atoms with Crippen LogP contribution in [0.5, 0.6) is 0 Å². The fraction of sp³-hybridized carbons (Fsp3) is 0.167. The van der Waals surface area contributed by atoms with E-state index in [-0.39, 0.29) is 12.5 Å².